The van der Waals surface area contributed by atoms with Crippen molar-refractivity contribution in [2.24, 2.45) is 5.92 Å². The first kappa shape index (κ1) is 7.51. The molecule has 1 aliphatic carbocycles. The van der Waals surface area contributed by atoms with E-state index >= 15 is 0 Å². The molecule has 0 saturated carbocycles. The Balaban J connectivity index is 2.36. The van der Waals surface area contributed by atoms with Crippen LogP contribution in [0.15, 0.2) is 11.9 Å². The largest absolute Gasteiger partial charge is 0.212 e. The van der Waals surface area contributed by atoms with Crippen LogP contribution in [0, 0.1) is 5.92 Å². The minimum Gasteiger partial charge on any atom is -0.212 e. The predicted molar refractivity (Wildman–Crippen MR) is 45.4 cm³/mol. The monoisotopic (exact) mass is 240 g/mol. The molecular weight excluding hydrogens is 230 g/mol. The summed E-state index contributed by atoms with van der Waals surface area (Å²) in [6.07, 6.45) is 4.40. The van der Waals surface area contributed by atoms with Crippen LogP contribution in [0.2, 0.25) is 0 Å². The van der Waals surface area contributed by atoms with E-state index in [2.05, 4.69) is 22.6 Å². The van der Waals surface area contributed by atoms with Crippen molar-refractivity contribution < 1.29 is 4.39 Å². The molecule has 0 heterocycles. The Morgan fingerprint density at radius 3 is 3.00 bits per heavy atom. The van der Waals surface area contributed by atoms with Gasteiger partial charge in [0.1, 0.15) is 0 Å². The van der Waals surface area contributed by atoms with Crippen LogP contribution in [0.5, 0.6) is 0 Å². The molecule has 2 heteroatoms. The molecule has 0 N–H and O–H groups in total. The molecule has 0 spiro atoms. The highest BCUT2D eigenvalue weighted by Gasteiger charge is 2.11. The van der Waals surface area contributed by atoms with Crippen molar-refractivity contribution in [2.45, 2.75) is 19.3 Å². The van der Waals surface area contributed by atoms with Gasteiger partial charge < -0.3 is 0 Å². The SMILES string of the molecule is FC1=CCC(CI)CC1. The van der Waals surface area contributed by atoms with E-state index in [1.807, 2.05) is 0 Å². The minimum absolute atomic E-state index is 0.0936. The Kier molecular flexibility index (Phi) is 2.95. The van der Waals surface area contributed by atoms with Crippen LogP contribution in [-0.4, -0.2) is 4.43 Å². The molecule has 0 saturated heterocycles. The lowest BCUT2D eigenvalue weighted by Gasteiger charge is -2.14. The second-order valence-electron chi connectivity index (χ2n) is 2.45. The standard InChI is InChI=1S/C7H10FI/c8-7-3-1-6(5-9)2-4-7/h3,6H,1-2,4-5H2. The average Bonchev–Trinajstić information content (AvgIpc) is 1.90. The second-order valence-corrected chi connectivity index (χ2v) is 3.33. The maximum Gasteiger partial charge on any atom is 0.0960 e. The van der Waals surface area contributed by atoms with Crippen LogP contribution in [0.25, 0.3) is 0 Å². The van der Waals surface area contributed by atoms with Gasteiger partial charge in [0.2, 0.25) is 0 Å². The molecule has 0 nitrogen and oxygen atoms in total. The van der Waals surface area contributed by atoms with Gasteiger partial charge >= 0.3 is 0 Å². The van der Waals surface area contributed by atoms with Crippen LogP contribution in [0.3, 0.4) is 0 Å². The lowest BCUT2D eigenvalue weighted by atomic mass is 9.96. The number of allylic oxidation sites excluding steroid dienone is 2. The van der Waals surface area contributed by atoms with E-state index in [4.69, 9.17) is 0 Å². The second kappa shape index (κ2) is 3.54. The van der Waals surface area contributed by atoms with E-state index < -0.39 is 0 Å². The average molecular weight is 240 g/mol. The smallest absolute Gasteiger partial charge is 0.0960 e. The Labute approximate surface area is 68.7 Å². The van der Waals surface area contributed by atoms with E-state index in [0.29, 0.717) is 6.42 Å². The van der Waals surface area contributed by atoms with Crippen molar-refractivity contribution >= 4 is 22.6 Å². The number of rotatable bonds is 1. The molecule has 0 aromatic carbocycles. The summed E-state index contributed by atoms with van der Waals surface area (Å²) >= 11 is 2.36. The fourth-order valence-corrected chi connectivity index (χ4v) is 1.80. The Hall–Kier alpha value is 0.400. The molecular formula is C7H10FI. The molecule has 1 aliphatic rings. The highest BCUT2D eigenvalue weighted by molar-refractivity contribution is 14.1. The van der Waals surface area contributed by atoms with Crippen LogP contribution in [-0.2, 0) is 0 Å². The summed E-state index contributed by atoms with van der Waals surface area (Å²) in [6.45, 7) is 0. The van der Waals surface area contributed by atoms with E-state index in [1.165, 1.54) is 4.43 Å². The molecule has 1 unspecified atom stereocenters. The summed E-state index contributed by atoms with van der Waals surface area (Å²) < 4.78 is 13.5. The molecule has 0 radical (unpaired) electrons. The summed E-state index contributed by atoms with van der Waals surface area (Å²) in [5.41, 5.74) is 0. The molecule has 0 bridgehead atoms. The van der Waals surface area contributed by atoms with Gasteiger partial charge in [-0.05, 0) is 25.2 Å². The fourth-order valence-electron chi connectivity index (χ4n) is 0.997. The fraction of sp³-hybridized carbons (Fsp3) is 0.714. The van der Waals surface area contributed by atoms with Crippen LogP contribution < -0.4 is 0 Å². The summed E-state index contributed by atoms with van der Waals surface area (Å²) in [6, 6.07) is 0. The van der Waals surface area contributed by atoms with Gasteiger partial charge in [0.05, 0.1) is 5.83 Å². The van der Waals surface area contributed by atoms with Crippen LogP contribution >= 0.6 is 22.6 Å². The summed E-state index contributed by atoms with van der Waals surface area (Å²) in [4.78, 5) is 0. The lowest BCUT2D eigenvalue weighted by molar-refractivity contribution is 0.460. The van der Waals surface area contributed by atoms with Gasteiger partial charge in [0.25, 0.3) is 0 Å². The highest BCUT2D eigenvalue weighted by atomic mass is 127. The first-order valence-electron chi connectivity index (χ1n) is 3.23. The van der Waals surface area contributed by atoms with E-state index in [0.717, 1.165) is 18.8 Å². The Morgan fingerprint density at radius 1 is 1.78 bits per heavy atom. The lowest BCUT2D eigenvalue weighted by Crippen LogP contribution is -2.04. The summed E-state index contributed by atoms with van der Waals surface area (Å²) in [7, 11) is 0. The van der Waals surface area contributed by atoms with E-state index in [9.17, 15) is 4.39 Å². The predicted octanol–water partition coefficient (Wildman–Crippen LogP) is 3.07. The number of hydrogen-bond donors (Lipinski definition) is 0. The summed E-state index contributed by atoms with van der Waals surface area (Å²) in [5.74, 6) is 0.834. The van der Waals surface area contributed by atoms with Gasteiger partial charge in [-0.1, -0.05) is 28.7 Å². The van der Waals surface area contributed by atoms with Crippen molar-refractivity contribution in [2.75, 3.05) is 4.43 Å². The van der Waals surface area contributed by atoms with Crippen LogP contribution in [0.1, 0.15) is 19.3 Å². The quantitative estimate of drug-likeness (QED) is 0.488. The van der Waals surface area contributed by atoms with Crippen molar-refractivity contribution in [1.82, 2.24) is 0 Å². The van der Waals surface area contributed by atoms with Gasteiger partial charge in [-0.25, -0.2) is 4.39 Å². The Bertz CT molecular complexity index is 120. The normalized spacial score (nSPS) is 27.8. The molecule has 0 fully saturated rings. The topological polar surface area (TPSA) is 0 Å². The number of alkyl halides is 1. The zero-order chi connectivity index (χ0) is 6.69. The molecule has 1 atom stereocenters. The van der Waals surface area contributed by atoms with Gasteiger partial charge in [-0.3, -0.25) is 0 Å². The van der Waals surface area contributed by atoms with Gasteiger partial charge in [-0.15, -0.1) is 0 Å². The molecule has 1 rings (SSSR count). The highest BCUT2D eigenvalue weighted by Crippen LogP contribution is 2.25. The zero-order valence-corrected chi connectivity index (χ0v) is 7.40. The number of halogens is 2. The molecule has 0 aliphatic heterocycles. The summed E-state index contributed by atoms with van der Waals surface area (Å²) in [5, 5.41) is 0. The third kappa shape index (κ3) is 2.24. The molecule has 0 aromatic heterocycles. The van der Waals surface area contributed by atoms with Gasteiger partial charge in [-0.2, -0.15) is 0 Å². The maximum atomic E-state index is 12.4. The third-order valence-corrected chi connectivity index (χ3v) is 2.93. The van der Waals surface area contributed by atoms with Crippen molar-refractivity contribution in [3.8, 4) is 0 Å². The van der Waals surface area contributed by atoms with Crippen LogP contribution in [0.4, 0.5) is 4.39 Å². The van der Waals surface area contributed by atoms with E-state index in [-0.39, 0.29) is 5.83 Å². The van der Waals surface area contributed by atoms with E-state index in [1.54, 1.807) is 6.08 Å². The van der Waals surface area contributed by atoms with Crippen molar-refractivity contribution in [3.05, 3.63) is 11.9 Å². The Morgan fingerprint density at radius 2 is 2.56 bits per heavy atom. The molecule has 52 valence electrons. The first-order valence-corrected chi connectivity index (χ1v) is 4.76. The maximum absolute atomic E-state index is 12.4. The van der Waals surface area contributed by atoms with Crippen molar-refractivity contribution in [1.29, 1.82) is 0 Å². The zero-order valence-electron chi connectivity index (χ0n) is 5.24. The molecule has 0 aromatic rings. The van der Waals surface area contributed by atoms with Gasteiger partial charge in [0.15, 0.2) is 0 Å². The first-order chi connectivity index (χ1) is 4.33. The number of hydrogen-bond acceptors (Lipinski definition) is 0. The minimum atomic E-state index is 0.0936. The van der Waals surface area contributed by atoms with Crippen molar-refractivity contribution in [3.63, 3.8) is 0 Å². The molecule has 0 amide bonds. The van der Waals surface area contributed by atoms with Gasteiger partial charge in [0, 0.05) is 4.43 Å². The third-order valence-electron chi connectivity index (χ3n) is 1.68. The molecule has 9 heavy (non-hydrogen) atoms.